The third kappa shape index (κ3) is 2.60. The van der Waals surface area contributed by atoms with Gasteiger partial charge in [0.25, 0.3) is 11.8 Å². The van der Waals surface area contributed by atoms with Crippen LogP contribution >= 0.6 is 0 Å². The normalized spacial score (nSPS) is 15.1. The molecule has 2 aromatic rings. The van der Waals surface area contributed by atoms with Crippen molar-refractivity contribution in [1.82, 2.24) is 15.9 Å². The molecule has 120 valence electrons. The maximum Gasteiger partial charge on any atom is 0.258 e. The number of nitrogens with one attached hydrogen (secondary N) is 2. The molecule has 5 N–H and O–H groups in total. The molecule has 1 unspecified atom stereocenters. The van der Waals surface area contributed by atoms with E-state index in [1.807, 2.05) is 6.92 Å². The summed E-state index contributed by atoms with van der Waals surface area (Å²) in [6, 6.07) is 8.57. The predicted octanol–water partition coefficient (Wildman–Crippen LogP) is 0.457. The zero-order valence-corrected chi connectivity index (χ0v) is 12.7. The van der Waals surface area contributed by atoms with Crippen LogP contribution in [0.4, 0.5) is 0 Å². The number of aliphatic hydroxyl groups is 1. The summed E-state index contributed by atoms with van der Waals surface area (Å²) in [4.78, 5) is 24.0. The van der Waals surface area contributed by atoms with Crippen molar-refractivity contribution in [3.8, 4) is 0 Å². The topological polar surface area (TPSA) is 108 Å². The number of hydrogen-bond acceptors (Lipinski definition) is 6. The fraction of sp³-hybridized carbons (Fsp3) is 0.250. The number of rotatable bonds is 5. The van der Waals surface area contributed by atoms with Crippen LogP contribution in [-0.4, -0.2) is 35.0 Å². The quantitative estimate of drug-likeness (QED) is 0.363. The first kappa shape index (κ1) is 15.6. The van der Waals surface area contributed by atoms with Gasteiger partial charge in [-0.2, -0.15) is 5.53 Å². The zero-order valence-electron chi connectivity index (χ0n) is 12.7. The largest absolute Gasteiger partial charge is 0.387 e. The molecule has 2 amide bonds. The van der Waals surface area contributed by atoms with Crippen LogP contribution in [0.25, 0.3) is 10.8 Å². The molecular formula is C16H18N4O3. The Morgan fingerprint density at radius 2 is 1.91 bits per heavy atom. The second-order valence-electron chi connectivity index (χ2n) is 5.40. The van der Waals surface area contributed by atoms with Crippen molar-refractivity contribution in [2.45, 2.75) is 13.0 Å². The van der Waals surface area contributed by atoms with Crippen molar-refractivity contribution in [2.75, 3.05) is 13.1 Å². The Morgan fingerprint density at radius 3 is 2.57 bits per heavy atom. The number of nitrogens with two attached hydrogens (primary N) is 1. The Bertz CT molecular complexity index is 766. The smallest absolute Gasteiger partial charge is 0.258 e. The fourth-order valence-electron chi connectivity index (χ4n) is 2.92. The molecule has 1 aliphatic rings. The van der Waals surface area contributed by atoms with E-state index in [1.165, 1.54) is 0 Å². The summed E-state index contributed by atoms with van der Waals surface area (Å²) in [6.45, 7) is 2.81. The van der Waals surface area contributed by atoms with Crippen molar-refractivity contribution in [1.29, 1.82) is 0 Å². The summed E-state index contributed by atoms with van der Waals surface area (Å²) in [6.07, 6.45) is -0.810. The van der Waals surface area contributed by atoms with Crippen LogP contribution in [0.3, 0.4) is 0 Å². The zero-order chi connectivity index (χ0) is 16.6. The van der Waals surface area contributed by atoms with Gasteiger partial charge in [0.1, 0.15) is 0 Å². The van der Waals surface area contributed by atoms with E-state index in [-0.39, 0.29) is 6.54 Å². The lowest BCUT2D eigenvalue weighted by Gasteiger charge is -2.24. The lowest BCUT2D eigenvalue weighted by Crippen LogP contribution is -2.44. The molecule has 7 heteroatoms. The summed E-state index contributed by atoms with van der Waals surface area (Å²) in [5.41, 5.74) is 4.05. The molecule has 1 atom stereocenters. The molecule has 1 aliphatic heterocycles. The average molecular weight is 314 g/mol. The summed E-state index contributed by atoms with van der Waals surface area (Å²) < 4.78 is 0. The fourth-order valence-corrected chi connectivity index (χ4v) is 2.92. The number of nitrogens with zero attached hydrogens (tertiary/aromatic N) is 1. The molecule has 0 spiro atoms. The van der Waals surface area contributed by atoms with Gasteiger partial charge < -0.3 is 5.11 Å². The number of carbonyl (C=O) groups is 2. The Hall–Kier alpha value is -2.32. The number of aliphatic hydroxyl groups excluding tert-OH is 1. The van der Waals surface area contributed by atoms with Crippen LogP contribution in [0, 0.1) is 0 Å². The third-order valence-corrected chi connectivity index (χ3v) is 4.11. The van der Waals surface area contributed by atoms with Gasteiger partial charge in [0.05, 0.1) is 6.10 Å². The third-order valence-electron chi connectivity index (χ3n) is 4.11. The van der Waals surface area contributed by atoms with Gasteiger partial charge in [-0.3, -0.25) is 20.7 Å². The van der Waals surface area contributed by atoms with Crippen molar-refractivity contribution >= 4 is 22.6 Å². The minimum Gasteiger partial charge on any atom is -0.387 e. The van der Waals surface area contributed by atoms with E-state index in [2.05, 4.69) is 10.9 Å². The summed E-state index contributed by atoms with van der Waals surface area (Å²) >= 11 is 0. The molecule has 7 nitrogen and oxygen atoms in total. The first-order valence-electron chi connectivity index (χ1n) is 7.37. The summed E-state index contributed by atoms with van der Waals surface area (Å²) in [5.74, 6) is 4.57. The van der Waals surface area contributed by atoms with E-state index >= 15 is 0 Å². The highest BCUT2D eigenvalue weighted by atomic mass is 16.3. The first-order chi connectivity index (χ1) is 11.1. The second kappa shape index (κ2) is 6.05. The van der Waals surface area contributed by atoms with Crippen molar-refractivity contribution in [3.05, 3.63) is 47.0 Å². The Balaban J connectivity index is 2.13. The van der Waals surface area contributed by atoms with E-state index in [1.54, 1.807) is 35.3 Å². The van der Waals surface area contributed by atoms with Crippen LogP contribution in [-0.2, 0) is 0 Å². The Kier molecular flexibility index (Phi) is 4.10. The van der Waals surface area contributed by atoms with Gasteiger partial charge in [0.15, 0.2) is 0 Å². The highest BCUT2D eigenvalue weighted by Crippen LogP contribution is 2.32. The SMILES string of the molecule is CCN(CC(O)c1ccc2c3c(cccc13)C(=O)NC2=O)NN. The summed E-state index contributed by atoms with van der Waals surface area (Å²) in [5, 5.41) is 15.8. The van der Waals surface area contributed by atoms with Gasteiger partial charge in [-0.05, 0) is 23.1 Å². The van der Waals surface area contributed by atoms with Crippen LogP contribution in [0.5, 0.6) is 0 Å². The number of benzene rings is 2. The Morgan fingerprint density at radius 1 is 1.22 bits per heavy atom. The van der Waals surface area contributed by atoms with E-state index in [0.717, 1.165) is 0 Å². The highest BCUT2D eigenvalue weighted by molar-refractivity contribution is 6.25. The molecule has 0 radical (unpaired) electrons. The molecule has 2 aromatic carbocycles. The molecule has 0 bridgehead atoms. The maximum atomic E-state index is 12.0. The van der Waals surface area contributed by atoms with E-state index in [4.69, 9.17) is 5.84 Å². The molecule has 0 aromatic heterocycles. The van der Waals surface area contributed by atoms with E-state index in [9.17, 15) is 14.7 Å². The molecular weight excluding hydrogens is 296 g/mol. The highest BCUT2D eigenvalue weighted by Gasteiger charge is 2.26. The molecule has 1 heterocycles. The lowest BCUT2D eigenvalue weighted by molar-refractivity contribution is 0.0838. The number of likely N-dealkylation sites (N-methyl/N-ethyl adjacent to an activating group) is 1. The van der Waals surface area contributed by atoms with Crippen LogP contribution in [0.1, 0.15) is 39.3 Å². The number of amides is 2. The van der Waals surface area contributed by atoms with Crippen LogP contribution < -0.4 is 16.7 Å². The summed E-state index contributed by atoms with van der Waals surface area (Å²) in [7, 11) is 0. The molecule has 0 aliphatic carbocycles. The minimum absolute atomic E-state index is 0.284. The first-order valence-corrected chi connectivity index (χ1v) is 7.37. The average Bonchev–Trinajstić information content (AvgIpc) is 2.56. The number of carbonyl (C=O) groups excluding carboxylic acids is 2. The molecule has 23 heavy (non-hydrogen) atoms. The van der Waals surface area contributed by atoms with Crippen molar-refractivity contribution in [3.63, 3.8) is 0 Å². The molecule has 0 saturated carbocycles. The lowest BCUT2D eigenvalue weighted by atomic mass is 9.90. The monoisotopic (exact) mass is 314 g/mol. The van der Waals surface area contributed by atoms with E-state index < -0.39 is 17.9 Å². The predicted molar refractivity (Wildman–Crippen MR) is 85.3 cm³/mol. The number of hydrazine groups is 2. The van der Waals surface area contributed by atoms with Crippen molar-refractivity contribution < 1.29 is 14.7 Å². The minimum atomic E-state index is -0.810. The van der Waals surface area contributed by atoms with Gasteiger partial charge in [0.2, 0.25) is 0 Å². The molecule has 0 saturated heterocycles. The van der Waals surface area contributed by atoms with Gasteiger partial charge in [0, 0.05) is 29.6 Å². The maximum absolute atomic E-state index is 12.0. The van der Waals surface area contributed by atoms with Gasteiger partial charge in [-0.25, -0.2) is 5.01 Å². The molecule has 0 fully saturated rings. The van der Waals surface area contributed by atoms with E-state index in [0.29, 0.717) is 34.0 Å². The van der Waals surface area contributed by atoms with Gasteiger partial charge >= 0.3 is 0 Å². The number of hydrogen-bond donors (Lipinski definition) is 4. The standard InChI is InChI=1S/C16H18N4O3/c1-2-20(19-17)8-13(21)9-6-7-12-14-10(9)4-3-5-11(14)15(22)18-16(12)23/h3-7,13,19,21H,2,8,17H2,1H3,(H,18,22,23). The van der Waals surface area contributed by atoms with Crippen LogP contribution in [0.15, 0.2) is 30.3 Å². The Labute approximate surface area is 133 Å². The molecule has 3 rings (SSSR count). The van der Waals surface area contributed by atoms with Gasteiger partial charge in [-0.1, -0.05) is 25.1 Å². The second-order valence-corrected chi connectivity index (χ2v) is 5.40. The van der Waals surface area contributed by atoms with Crippen molar-refractivity contribution in [2.24, 2.45) is 5.84 Å². The van der Waals surface area contributed by atoms with Crippen LogP contribution in [0.2, 0.25) is 0 Å². The van der Waals surface area contributed by atoms with Gasteiger partial charge in [-0.15, -0.1) is 0 Å². The number of imide groups is 1.